The van der Waals surface area contributed by atoms with Gasteiger partial charge in [0.25, 0.3) is 0 Å². The number of ether oxygens (including phenoxy) is 2. The molecule has 0 fully saturated rings. The smallest absolute Gasteiger partial charge is 0.420 e. The van der Waals surface area contributed by atoms with Crippen LogP contribution in [0.5, 0.6) is 11.5 Å². The minimum absolute atomic E-state index is 0.140. The summed E-state index contributed by atoms with van der Waals surface area (Å²) in [6.45, 7) is 6.29. The molecule has 1 aromatic rings. The lowest BCUT2D eigenvalue weighted by Gasteiger charge is -2.25. The Labute approximate surface area is 116 Å². The van der Waals surface area contributed by atoms with E-state index in [1.165, 1.54) is 16.3 Å². The Morgan fingerprint density at radius 2 is 2.21 bits per heavy atom. The van der Waals surface area contributed by atoms with E-state index in [0.29, 0.717) is 23.8 Å². The summed E-state index contributed by atoms with van der Waals surface area (Å²) >= 11 is 1.21. The summed E-state index contributed by atoms with van der Waals surface area (Å²) in [6.07, 6.45) is -0.405. The standard InChI is InChI=1S/C13H17NO4S/c1-13(2,3)18-12(16)14-6-7-17-10-5-4-9(15)8-11(10)19-14/h4-5,8,15H,6-7H2,1-3H3. The van der Waals surface area contributed by atoms with Crippen molar-refractivity contribution in [1.82, 2.24) is 4.31 Å². The number of aromatic hydroxyl groups is 1. The van der Waals surface area contributed by atoms with Crippen molar-refractivity contribution in [3.05, 3.63) is 18.2 Å². The fraction of sp³-hybridized carbons (Fsp3) is 0.462. The molecule has 0 saturated carbocycles. The molecule has 6 heteroatoms. The number of carbonyl (C=O) groups is 1. The highest BCUT2D eigenvalue weighted by Crippen LogP contribution is 2.37. The molecule has 5 nitrogen and oxygen atoms in total. The molecule has 2 rings (SSSR count). The highest BCUT2D eigenvalue weighted by Gasteiger charge is 2.26. The zero-order valence-electron chi connectivity index (χ0n) is 11.2. The van der Waals surface area contributed by atoms with Gasteiger partial charge in [-0.15, -0.1) is 0 Å². The molecule has 1 aromatic carbocycles. The molecule has 19 heavy (non-hydrogen) atoms. The van der Waals surface area contributed by atoms with Crippen LogP contribution < -0.4 is 4.74 Å². The van der Waals surface area contributed by atoms with Crippen LogP contribution >= 0.6 is 11.9 Å². The lowest BCUT2D eigenvalue weighted by Crippen LogP contribution is -2.34. The fourth-order valence-electron chi connectivity index (χ4n) is 1.53. The first kappa shape index (κ1) is 13.9. The molecule has 104 valence electrons. The van der Waals surface area contributed by atoms with Gasteiger partial charge in [0.05, 0.1) is 11.4 Å². The molecule has 1 N–H and O–H groups in total. The van der Waals surface area contributed by atoms with E-state index in [-0.39, 0.29) is 5.75 Å². The number of rotatable bonds is 0. The zero-order chi connectivity index (χ0) is 14.0. The minimum Gasteiger partial charge on any atom is -0.508 e. The van der Waals surface area contributed by atoms with Gasteiger partial charge in [-0.05, 0) is 50.9 Å². The van der Waals surface area contributed by atoms with Crippen molar-refractivity contribution in [3.8, 4) is 11.5 Å². The Morgan fingerprint density at radius 3 is 2.89 bits per heavy atom. The number of hydrogen-bond donors (Lipinski definition) is 1. The molecule has 0 bridgehead atoms. The van der Waals surface area contributed by atoms with Crippen molar-refractivity contribution in [2.45, 2.75) is 31.3 Å². The van der Waals surface area contributed by atoms with E-state index in [1.54, 1.807) is 18.2 Å². The molecule has 0 aromatic heterocycles. The van der Waals surface area contributed by atoms with Crippen LogP contribution in [0.2, 0.25) is 0 Å². The third kappa shape index (κ3) is 3.70. The van der Waals surface area contributed by atoms with Crippen molar-refractivity contribution < 1.29 is 19.4 Å². The van der Waals surface area contributed by atoms with Crippen LogP contribution in [0.4, 0.5) is 4.79 Å². The van der Waals surface area contributed by atoms with Crippen LogP contribution in [-0.2, 0) is 4.74 Å². The van der Waals surface area contributed by atoms with Gasteiger partial charge in [0.1, 0.15) is 23.7 Å². The fourth-order valence-corrected chi connectivity index (χ4v) is 2.44. The molecular weight excluding hydrogens is 266 g/mol. The van der Waals surface area contributed by atoms with Crippen molar-refractivity contribution in [2.24, 2.45) is 0 Å². The van der Waals surface area contributed by atoms with E-state index >= 15 is 0 Å². The number of carbonyl (C=O) groups excluding carboxylic acids is 1. The molecule has 0 saturated heterocycles. The summed E-state index contributed by atoms with van der Waals surface area (Å²) in [6, 6.07) is 4.82. The Morgan fingerprint density at radius 1 is 1.47 bits per heavy atom. The van der Waals surface area contributed by atoms with Crippen molar-refractivity contribution in [2.75, 3.05) is 13.2 Å². The van der Waals surface area contributed by atoms with Gasteiger partial charge in [0.15, 0.2) is 0 Å². The van der Waals surface area contributed by atoms with Gasteiger partial charge < -0.3 is 14.6 Å². The predicted octanol–water partition coefficient (Wildman–Crippen LogP) is 3.03. The highest BCUT2D eigenvalue weighted by molar-refractivity contribution is 7.97. The van der Waals surface area contributed by atoms with E-state index in [4.69, 9.17) is 9.47 Å². The Kier molecular flexibility index (Phi) is 3.80. The summed E-state index contributed by atoms with van der Waals surface area (Å²) in [5.41, 5.74) is -0.535. The topological polar surface area (TPSA) is 59.0 Å². The number of phenolic OH excluding ortho intramolecular Hbond substituents is 1. The first-order valence-corrected chi connectivity index (χ1v) is 6.77. The number of phenols is 1. The molecule has 0 unspecified atom stereocenters. The molecule has 1 aliphatic rings. The summed E-state index contributed by atoms with van der Waals surface area (Å²) in [5, 5.41) is 9.49. The van der Waals surface area contributed by atoms with Crippen LogP contribution in [0, 0.1) is 0 Å². The van der Waals surface area contributed by atoms with E-state index < -0.39 is 11.7 Å². The van der Waals surface area contributed by atoms with Crippen LogP contribution in [0.3, 0.4) is 0 Å². The van der Waals surface area contributed by atoms with Crippen molar-refractivity contribution >= 4 is 18.0 Å². The average molecular weight is 283 g/mol. The molecule has 1 amide bonds. The third-order valence-corrected chi connectivity index (χ3v) is 3.35. The maximum Gasteiger partial charge on any atom is 0.420 e. The van der Waals surface area contributed by atoms with Gasteiger partial charge in [-0.2, -0.15) is 0 Å². The Balaban J connectivity index is 2.15. The number of fused-ring (bicyclic) bond motifs is 1. The Bertz CT molecular complexity index is 484. The van der Waals surface area contributed by atoms with Crippen molar-refractivity contribution in [1.29, 1.82) is 0 Å². The molecule has 0 spiro atoms. The number of nitrogens with zero attached hydrogens (tertiary/aromatic N) is 1. The highest BCUT2D eigenvalue weighted by atomic mass is 32.2. The largest absolute Gasteiger partial charge is 0.508 e. The van der Waals surface area contributed by atoms with E-state index in [1.807, 2.05) is 20.8 Å². The van der Waals surface area contributed by atoms with Crippen LogP contribution in [0.1, 0.15) is 20.8 Å². The molecule has 0 radical (unpaired) electrons. The molecule has 1 heterocycles. The van der Waals surface area contributed by atoms with Gasteiger partial charge in [-0.1, -0.05) is 0 Å². The molecular formula is C13H17NO4S. The zero-order valence-corrected chi connectivity index (χ0v) is 12.0. The molecule has 0 atom stereocenters. The maximum atomic E-state index is 12.0. The average Bonchev–Trinajstić information content (AvgIpc) is 2.48. The van der Waals surface area contributed by atoms with Crippen LogP contribution in [0.15, 0.2) is 23.1 Å². The summed E-state index contributed by atoms with van der Waals surface area (Å²) < 4.78 is 12.4. The van der Waals surface area contributed by atoms with E-state index in [0.717, 1.165) is 0 Å². The van der Waals surface area contributed by atoms with Crippen LogP contribution in [0.25, 0.3) is 0 Å². The minimum atomic E-state index is -0.535. The molecule has 0 aliphatic carbocycles. The van der Waals surface area contributed by atoms with E-state index in [2.05, 4.69) is 0 Å². The first-order chi connectivity index (χ1) is 8.85. The monoisotopic (exact) mass is 283 g/mol. The molecule has 1 aliphatic heterocycles. The summed E-state index contributed by atoms with van der Waals surface area (Å²) in [5.74, 6) is 0.801. The predicted molar refractivity (Wildman–Crippen MR) is 72.4 cm³/mol. The third-order valence-electron chi connectivity index (χ3n) is 2.28. The maximum absolute atomic E-state index is 12.0. The number of amides is 1. The van der Waals surface area contributed by atoms with Gasteiger partial charge in [0, 0.05) is 0 Å². The van der Waals surface area contributed by atoms with Gasteiger partial charge in [0.2, 0.25) is 0 Å². The summed E-state index contributed by atoms with van der Waals surface area (Å²) in [4.78, 5) is 12.7. The second-order valence-corrected chi connectivity index (χ2v) is 6.22. The van der Waals surface area contributed by atoms with Gasteiger partial charge >= 0.3 is 6.09 Å². The van der Waals surface area contributed by atoms with Gasteiger partial charge in [-0.25, -0.2) is 9.10 Å². The number of benzene rings is 1. The second-order valence-electron chi connectivity index (χ2n) is 5.15. The SMILES string of the molecule is CC(C)(C)OC(=O)N1CCOc2ccc(O)cc2S1. The first-order valence-electron chi connectivity index (χ1n) is 5.99. The van der Waals surface area contributed by atoms with E-state index in [9.17, 15) is 9.90 Å². The van der Waals surface area contributed by atoms with Crippen molar-refractivity contribution in [3.63, 3.8) is 0 Å². The van der Waals surface area contributed by atoms with Crippen LogP contribution in [-0.4, -0.2) is 34.3 Å². The summed E-state index contributed by atoms with van der Waals surface area (Å²) in [7, 11) is 0. The van der Waals surface area contributed by atoms with Gasteiger partial charge in [-0.3, -0.25) is 0 Å². The quantitative estimate of drug-likeness (QED) is 0.742. The normalized spacial score (nSPS) is 15.2. The lowest BCUT2D eigenvalue weighted by molar-refractivity contribution is 0.0394. The lowest BCUT2D eigenvalue weighted by atomic mass is 10.2. The Hall–Kier alpha value is -1.56. The second kappa shape index (κ2) is 5.21. The number of hydrogen-bond acceptors (Lipinski definition) is 5.